The lowest BCUT2D eigenvalue weighted by atomic mass is 10.1. The number of nitrogens with zero attached hydrogens (tertiary/aromatic N) is 3. The second-order valence-electron chi connectivity index (χ2n) is 3.81. The summed E-state index contributed by atoms with van der Waals surface area (Å²) in [6, 6.07) is 0. The Balaban J connectivity index is 1.90. The number of fused-ring (bicyclic) bond motifs is 1. The number of carboxylic acids is 1. The third kappa shape index (κ3) is 1.42. The molecule has 82 valence electrons. The van der Waals surface area contributed by atoms with Crippen molar-refractivity contribution in [2.75, 3.05) is 0 Å². The first-order valence-electron chi connectivity index (χ1n) is 4.91. The molecule has 0 bridgehead atoms. The summed E-state index contributed by atoms with van der Waals surface area (Å²) in [7, 11) is 0. The Morgan fingerprint density at radius 3 is 3.06 bits per heavy atom. The Labute approximate surface area is 95.4 Å². The normalized spacial score (nSPS) is 18.6. The van der Waals surface area contributed by atoms with Crippen LogP contribution in [0.1, 0.15) is 5.82 Å². The molecule has 5 nitrogen and oxygen atoms in total. The first-order chi connectivity index (χ1) is 7.74. The number of carboxylic acid groups (broad SMARTS) is 1. The van der Waals surface area contributed by atoms with E-state index >= 15 is 0 Å². The Morgan fingerprint density at radius 2 is 2.44 bits per heavy atom. The van der Waals surface area contributed by atoms with E-state index in [4.69, 9.17) is 5.11 Å². The molecular formula is C10H9N3O2S. The minimum absolute atomic E-state index is 0.327. The van der Waals surface area contributed by atoms with Crippen molar-refractivity contribution in [2.45, 2.75) is 13.0 Å². The molecule has 1 N–H and O–H groups in total. The Kier molecular flexibility index (Phi) is 2.03. The van der Waals surface area contributed by atoms with Gasteiger partial charge in [-0.15, -0.1) is 11.3 Å². The molecular weight excluding hydrogens is 226 g/mol. The van der Waals surface area contributed by atoms with E-state index in [9.17, 15) is 4.79 Å². The Bertz CT molecular complexity index is 509. The average molecular weight is 235 g/mol. The van der Waals surface area contributed by atoms with Crippen molar-refractivity contribution in [3.63, 3.8) is 0 Å². The molecule has 0 spiro atoms. The third-order valence-corrected chi connectivity index (χ3v) is 3.34. The van der Waals surface area contributed by atoms with Crippen LogP contribution in [0.15, 0.2) is 17.1 Å². The monoisotopic (exact) mass is 235 g/mol. The van der Waals surface area contributed by atoms with Gasteiger partial charge >= 0.3 is 5.97 Å². The molecule has 0 aliphatic carbocycles. The lowest BCUT2D eigenvalue weighted by Crippen LogP contribution is -2.14. The van der Waals surface area contributed by atoms with Crippen LogP contribution in [0.3, 0.4) is 0 Å². The summed E-state index contributed by atoms with van der Waals surface area (Å²) in [4.78, 5) is 19.4. The van der Waals surface area contributed by atoms with Crippen LogP contribution in [-0.4, -0.2) is 25.6 Å². The zero-order valence-electron chi connectivity index (χ0n) is 8.33. The second kappa shape index (κ2) is 3.41. The van der Waals surface area contributed by atoms with Crippen molar-refractivity contribution in [1.29, 1.82) is 0 Å². The number of hydrogen-bond acceptors (Lipinski definition) is 4. The molecule has 0 saturated carbocycles. The molecule has 6 heteroatoms. The number of aromatic nitrogens is 3. The van der Waals surface area contributed by atoms with Gasteiger partial charge in [-0.1, -0.05) is 0 Å². The second-order valence-corrected chi connectivity index (χ2v) is 4.53. The van der Waals surface area contributed by atoms with Crippen molar-refractivity contribution in [2.24, 2.45) is 5.92 Å². The fraction of sp³-hybridized carbons (Fsp3) is 0.300. The number of imidazole rings is 1. The summed E-state index contributed by atoms with van der Waals surface area (Å²) in [6.45, 7) is 0.516. The van der Waals surface area contributed by atoms with Crippen molar-refractivity contribution in [3.8, 4) is 11.4 Å². The van der Waals surface area contributed by atoms with Gasteiger partial charge in [-0.25, -0.2) is 9.97 Å². The highest BCUT2D eigenvalue weighted by Gasteiger charge is 2.29. The molecule has 0 saturated heterocycles. The van der Waals surface area contributed by atoms with Gasteiger partial charge in [-0.3, -0.25) is 4.79 Å². The van der Waals surface area contributed by atoms with Crippen molar-refractivity contribution >= 4 is 17.3 Å². The predicted molar refractivity (Wildman–Crippen MR) is 58.2 cm³/mol. The van der Waals surface area contributed by atoms with Crippen LogP contribution < -0.4 is 0 Å². The maximum Gasteiger partial charge on any atom is 0.308 e. The topological polar surface area (TPSA) is 68.0 Å². The van der Waals surface area contributed by atoms with Crippen LogP contribution >= 0.6 is 11.3 Å². The summed E-state index contributed by atoms with van der Waals surface area (Å²) in [6.07, 6.45) is 2.40. The Morgan fingerprint density at radius 1 is 1.56 bits per heavy atom. The molecule has 1 aliphatic rings. The first kappa shape index (κ1) is 9.53. The number of hydrogen-bond donors (Lipinski definition) is 1. The van der Waals surface area contributed by atoms with Crippen LogP contribution in [0.4, 0.5) is 0 Å². The van der Waals surface area contributed by atoms with Crippen molar-refractivity contribution < 1.29 is 9.90 Å². The summed E-state index contributed by atoms with van der Waals surface area (Å²) >= 11 is 1.53. The molecule has 16 heavy (non-hydrogen) atoms. The molecule has 1 aliphatic heterocycles. The number of carbonyl (C=O) groups is 1. The molecule has 0 fully saturated rings. The highest BCUT2D eigenvalue weighted by molar-refractivity contribution is 7.07. The SMILES string of the molecule is O=C(O)C1Cc2nc(-c3cscn3)cn2C1. The maximum absolute atomic E-state index is 10.8. The van der Waals surface area contributed by atoms with Gasteiger partial charge in [0.15, 0.2) is 0 Å². The maximum atomic E-state index is 10.8. The molecule has 1 unspecified atom stereocenters. The van der Waals surface area contributed by atoms with Gasteiger partial charge in [0.05, 0.1) is 11.4 Å². The number of rotatable bonds is 2. The smallest absolute Gasteiger partial charge is 0.308 e. The predicted octanol–water partition coefficient (Wildman–Crippen LogP) is 1.26. The van der Waals surface area contributed by atoms with Gasteiger partial charge in [0.25, 0.3) is 0 Å². The van der Waals surface area contributed by atoms with E-state index in [1.54, 1.807) is 5.51 Å². The van der Waals surface area contributed by atoms with Crippen LogP contribution in [0, 0.1) is 5.92 Å². The molecule has 3 heterocycles. The molecule has 0 radical (unpaired) electrons. The fourth-order valence-electron chi connectivity index (χ4n) is 1.93. The van der Waals surface area contributed by atoms with Crippen LogP contribution in [0.2, 0.25) is 0 Å². The lowest BCUT2D eigenvalue weighted by molar-refractivity contribution is -0.141. The van der Waals surface area contributed by atoms with Crippen LogP contribution in [0.5, 0.6) is 0 Å². The quantitative estimate of drug-likeness (QED) is 0.851. The van der Waals surface area contributed by atoms with E-state index in [0.717, 1.165) is 17.2 Å². The zero-order valence-corrected chi connectivity index (χ0v) is 9.15. The van der Waals surface area contributed by atoms with Gasteiger partial charge in [-0.2, -0.15) is 0 Å². The summed E-state index contributed by atoms with van der Waals surface area (Å²) in [5, 5.41) is 10.8. The van der Waals surface area contributed by atoms with E-state index < -0.39 is 5.97 Å². The summed E-state index contributed by atoms with van der Waals surface area (Å²) in [5.41, 5.74) is 3.46. The van der Waals surface area contributed by atoms with Crippen molar-refractivity contribution in [3.05, 3.63) is 22.9 Å². The minimum Gasteiger partial charge on any atom is -0.481 e. The molecule has 2 aromatic heterocycles. The third-order valence-electron chi connectivity index (χ3n) is 2.75. The average Bonchev–Trinajstić information content (AvgIpc) is 2.91. The molecule has 0 amide bonds. The van der Waals surface area contributed by atoms with Crippen LogP contribution in [0.25, 0.3) is 11.4 Å². The van der Waals surface area contributed by atoms with E-state index in [2.05, 4.69) is 9.97 Å². The summed E-state index contributed by atoms with van der Waals surface area (Å²) < 4.78 is 1.91. The van der Waals surface area contributed by atoms with Gasteiger partial charge in [0.1, 0.15) is 17.2 Å². The molecule has 3 rings (SSSR count). The Hall–Kier alpha value is -1.69. The highest BCUT2D eigenvalue weighted by Crippen LogP contribution is 2.25. The standard InChI is InChI=1S/C10H9N3O2S/c14-10(15)6-1-9-12-7(3-13(9)2-6)8-4-16-5-11-8/h3-6H,1-2H2,(H,14,15). The highest BCUT2D eigenvalue weighted by atomic mass is 32.1. The zero-order chi connectivity index (χ0) is 11.1. The van der Waals surface area contributed by atoms with E-state index in [0.29, 0.717) is 13.0 Å². The molecule has 2 aromatic rings. The van der Waals surface area contributed by atoms with Crippen molar-refractivity contribution in [1.82, 2.24) is 14.5 Å². The molecule has 1 atom stereocenters. The lowest BCUT2D eigenvalue weighted by Gasteiger charge is -2.00. The number of aliphatic carboxylic acids is 1. The van der Waals surface area contributed by atoms with Gasteiger partial charge in [0.2, 0.25) is 0 Å². The molecule has 0 aromatic carbocycles. The fourth-order valence-corrected chi connectivity index (χ4v) is 2.47. The first-order valence-corrected chi connectivity index (χ1v) is 5.86. The largest absolute Gasteiger partial charge is 0.481 e. The summed E-state index contributed by atoms with van der Waals surface area (Å²) in [5.74, 6) is -0.233. The van der Waals surface area contributed by atoms with Gasteiger partial charge < -0.3 is 9.67 Å². The minimum atomic E-state index is -0.749. The van der Waals surface area contributed by atoms with Gasteiger partial charge in [0, 0.05) is 24.5 Å². The van der Waals surface area contributed by atoms with E-state index in [-0.39, 0.29) is 5.92 Å². The van der Waals surface area contributed by atoms with E-state index in [1.807, 2.05) is 16.1 Å². The van der Waals surface area contributed by atoms with E-state index in [1.165, 1.54) is 11.3 Å². The van der Waals surface area contributed by atoms with Crippen LogP contribution in [-0.2, 0) is 17.8 Å². The van der Waals surface area contributed by atoms with Gasteiger partial charge in [-0.05, 0) is 0 Å². The number of thiazole rings is 1.